The number of allylic oxidation sites excluding steroid dienone is 1. The predicted molar refractivity (Wildman–Crippen MR) is 106 cm³/mol. The van der Waals surface area contributed by atoms with Gasteiger partial charge in [0.05, 0.1) is 5.56 Å². The third kappa shape index (κ3) is 5.87. The molecule has 0 saturated heterocycles. The Balaban J connectivity index is 1.98. The molecule has 2 heteroatoms. The Morgan fingerprint density at radius 2 is 2.16 bits per heavy atom. The maximum absolute atomic E-state index is 14.3. The quantitative estimate of drug-likeness (QED) is 0.477. The number of hydrogen-bond donors (Lipinski definition) is 0. The van der Waals surface area contributed by atoms with Crippen LogP contribution in [0, 0.1) is 23.1 Å². The number of halogens is 1. The predicted octanol–water partition coefficient (Wildman–Crippen LogP) is 5.67. The van der Waals surface area contributed by atoms with Crippen LogP contribution in [0.2, 0.25) is 0 Å². The lowest BCUT2D eigenvalue weighted by Gasteiger charge is -2.29. The van der Waals surface area contributed by atoms with Crippen LogP contribution in [0.15, 0.2) is 36.9 Å². The van der Waals surface area contributed by atoms with Crippen molar-refractivity contribution in [3.63, 3.8) is 0 Å². The zero-order chi connectivity index (χ0) is 18.3. The summed E-state index contributed by atoms with van der Waals surface area (Å²) in [6, 6.07) is 5.45. The van der Waals surface area contributed by atoms with Crippen LogP contribution in [0.4, 0.5) is 4.39 Å². The molecule has 0 unspecified atom stereocenters. The monoisotopic (exact) mass is 339 g/mol. The lowest BCUT2D eigenvalue weighted by Crippen LogP contribution is -2.31. The number of rotatable bonds is 6. The van der Waals surface area contributed by atoms with Crippen molar-refractivity contribution in [3.05, 3.63) is 53.9 Å². The molecule has 1 aromatic carbocycles. The van der Waals surface area contributed by atoms with Crippen molar-refractivity contribution in [1.82, 2.24) is 4.90 Å². The summed E-state index contributed by atoms with van der Waals surface area (Å²) in [7, 11) is 0. The van der Waals surface area contributed by atoms with Crippen LogP contribution in [-0.4, -0.2) is 24.5 Å². The molecule has 1 aliphatic heterocycles. The molecule has 0 spiro atoms. The lowest BCUT2D eigenvalue weighted by molar-refractivity contribution is 0.260. The Labute approximate surface area is 152 Å². The van der Waals surface area contributed by atoms with Gasteiger partial charge in [-0.25, -0.2) is 4.39 Å². The van der Waals surface area contributed by atoms with Gasteiger partial charge < -0.3 is 0 Å². The summed E-state index contributed by atoms with van der Waals surface area (Å²) in [6.07, 6.45) is 8.16. The van der Waals surface area contributed by atoms with Gasteiger partial charge in [0.25, 0.3) is 0 Å². The van der Waals surface area contributed by atoms with Gasteiger partial charge in [-0.1, -0.05) is 50.8 Å². The SMILES string of the molecule is C=CC(C)(C)CCN1CC=C(c2ccc(C#CCCC)c(F)c2)CC1. The van der Waals surface area contributed by atoms with Gasteiger partial charge in [-0.15, -0.1) is 6.58 Å². The van der Waals surface area contributed by atoms with Gasteiger partial charge >= 0.3 is 0 Å². The Kier molecular flexibility index (Phi) is 7.02. The minimum Gasteiger partial charge on any atom is -0.299 e. The fourth-order valence-corrected chi connectivity index (χ4v) is 2.82. The highest BCUT2D eigenvalue weighted by atomic mass is 19.1. The van der Waals surface area contributed by atoms with E-state index in [1.807, 2.05) is 18.2 Å². The Bertz CT molecular complexity index is 688. The van der Waals surface area contributed by atoms with Crippen LogP contribution in [0.25, 0.3) is 5.57 Å². The molecular weight excluding hydrogens is 309 g/mol. The molecule has 0 N–H and O–H groups in total. The van der Waals surface area contributed by atoms with E-state index in [1.165, 1.54) is 5.57 Å². The van der Waals surface area contributed by atoms with Gasteiger partial charge in [-0.05, 0) is 54.5 Å². The van der Waals surface area contributed by atoms with E-state index in [0.29, 0.717) is 5.56 Å². The topological polar surface area (TPSA) is 3.24 Å². The van der Waals surface area contributed by atoms with Crippen LogP contribution in [-0.2, 0) is 0 Å². The summed E-state index contributed by atoms with van der Waals surface area (Å²) in [4.78, 5) is 2.45. The maximum Gasteiger partial charge on any atom is 0.139 e. The van der Waals surface area contributed by atoms with Crippen molar-refractivity contribution in [2.24, 2.45) is 5.41 Å². The summed E-state index contributed by atoms with van der Waals surface area (Å²) < 4.78 is 14.3. The molecule has 1 aromatic rings. The summed E-state index contributed by atoms with van der Waals surface area (Å²) in [6.45, 7) is 13.5. The molecular formula is C23H30FN. The first-order chi connectivity index (χ1) is 11.9. The molecule has 0 radical (unpaired) electrons. The first kappa shape index (κ1) is 19.5. The molecule has 0 fully saturated rings. The highest BCUT2D eigenvalue weighted by Crippen LogP contribution is 2.26. The number of benzene rings is 1. The second-order valence-corrected chi connectivity index (χ2v) is 7.47. The highest BCUT2D eigenvalue weighted by molar-refractivity contribution is 5.67. The first-order valence-electron chi connectivity index (χ1n) is 9.29. The second kappa shape index (κ2) is 9.02. The van der Waals surface area contributed by atoms with Crippen molar-refractivity contribution in [2.75, 3.05) is 19.6 Å². The van der Waals surface area contributed by atoms with E-state index >= 15 is 0 Å². The van der Waals surface area contributed by atoms with E-state index in [2.05, 4.69) is 50.2 Å². The van der Waals surface area contributed by atoms with Crippen molar-refractivity contribution in [1.29, 1.82) is 0 Å². The average Bonchev–Trinajstić information content (AvgIpc) is 2.62. The van der Waals surface area contributed by atoms with E-state index in [9.17, 15) is 4.39 Å². The minimum atomic E-state index is -0.211. The summed E-state index contributed by atoms with van der Waals surface area (Å²) >= 11 is 0. The van der Waals surface area contributed by atoms with Crippen molar-refractivity contribution >= 4 is 5.57 Å². The standard InChI is InChI=1S/C23H30FN/c1-5-7-8-9-20-10-11-21(18-22(20)24)19-12-15-25(16-13-19)17-14-23(3,4)6-2/h6,10-12,18H,2,5,7,13-17H2,1,3-4H3. The number of nitrogens with zero attached hydrogens (tertiary/aromatic N) is 1. The molecule has 1 aliphatic rings. The molecule has 0 aromatic heterocycles. The van der Waals surface area contributed by atoms with Crippen LogP contribution in [0.1, 0.15) is 57.6 Å². The molecule has 0 saturated carbocycles. The fraction of sp³-hybridized carbons (Fsp3) is 0.478. The molecule has 134 valence electrons. The Morgan fingerprint density at radius 3 is 2.76 bits per heavy atom. The average molecular weight is 339 g/mol. The minimum absolute atomic E-state index is 0.182. The van der Waals surface area contributed by atoms with E-state index in [0.717, 1.165) is 50.9 Å². The van der Waals surface area contributed by atoms with E-state index in [4.69, 9.17) is 0 Å². The van der Waals surface area contributed by atoms with Gasteiger partial charge in [-0.3, -0.25) is 4.90 Å². The van der Waals surface area contributed by atoms with Crippen LogP contribution in [0.5, 0.6) is 0 Å². The van der Waals surface area contributed by atoms with Crippen molar-refractivity contribution in [3.8, 4) is 11.8 Å². The third-order valence-electron chi connectivity index (χ3n) is 4.86. The normalized spacial score (nSPS) is 15.3. The van der Waals surface area contributed by atoms with Gasteiger partial charge in [0.1, 0.15) is 5.82 Å². The largest absolute Gasteiger partial charge is 0.299 e. The van der Waals surface area contributed by atoms with Gasteiger partial charge in [0.2, 0.25) is 0 Å². The molecule has 0 aliphatic carbocycles. The second-order valence-electron chi connectivity index (χ2n) is 7.47. The fourth-order valence-electron chi connectivity index (χ4n) is 2.82. The summed E-state index contributed by atoms with van der Waals surface area (Å²) in [5, 5.41) is 0. The molecule has 1 nitrogen and oxygen atoms in total. The van der Waals surface area contributed by atoms with E-state index < -0.39 is 0 Å². The molecule has 1 heterocycles. The number of hydrogen-bond acceptors (Lipinski definition) is 1. The zero-order valence-electron chi connectivity index (χ0n) is 15.9. The zero-order valence-corrected chi connectivity index (χ0v) is 15.9. The summed E-state index contributed by atoms with van der Waals surface area (Å²) in [5.41, 5.74) is 2.92. The lowest BCUT2D eigenvalue weighted by atomic mass is 9.89. The molecule has 0 amide bonds. The van der Waals surface area contributed by atoms with E-state index in [1.54, 1.807) is 6.07 Å². The molecule has 25 heavy (non-hydrogen) atoms. The van der Waals surface area contributed by atoms with E-state index in [-0.39, 0.29) is 11.2 Å². The Morgan fingerprint density at radius 1 is 1.36 bits per heavy atom. The van der Waals surface area contributed by atoms with Crippen LogP contribution in [0.3, 0.4) is 0 Å². The molecule has 0 atom stereocenters. The van der Waals surface area contributed by atoms with Gasteiger partial charge in [-0.2, -0.15) is 0 Å². The molecule has 2 rings (SSSR count). The maximum atomic E-state index is 14.3. The van der Waals surface area contributed by atoms with Gasteiger partial charge in [0, 0.05) is 19.5 Å². The first-order valence-corrected chi connectivity index (χ1v) is 9.29. The number of unbranched alkanes of at least 4 members (excludes halogenated alkanes) is 1. The Hall–Kier alpha value is -1.85. The van der Waals surface area contributed by atoms with Crippen LogP contribution < -0.4 is 0 Å². The summed E-state index contributed by atoms with van der Waals surface area (Å²) in [5.74, 6) is 5.73. The van der Waals surface area contributed by atoms with Gasteiger partial charge in [0.15, 0.2) is 0 Å². The molecule has 0 bridgehead atoms. The van der Waals surface area contributed by atoms with Crippen LogP contribution >= 0.6 is 0 Å². The highest BCUT2D eigenvalue weighted by Gasteiger charge is 2.18. The van der Waals surface area contributed by atoms with Crippen molar-refractivity contribution < 1.29 is 4.39 Å². The van der Waals surface area contributed by atoms with Crippen molar-refractivity contribution in [2.45, 2.75) is 46.5 Å². The smallest absolute Gasteiger partial charge is 0.139 e. The third-order valence-corrected chi connectivity index (χ3v) is 4.86.